The summed E-state index contributed by atoms with van der Waals surface area (Å²) in [5.74, 6) is -0.217. The number of amides is 1. The molecular weight excluding hydrogens is 164 g/mol. The van der Waals surface area contributed by atoms with Crippen LogP contribution in [0.5, 0.6) is 0 Å². The SMILES string of the molecule is CCCNC(CC)(CCC)C(N)=O. The van der Waals surface area contributed by atoms with Gasteiger partial charge in [-0.05, 0) is 25.8 Å². The van der Waals surface area contributed by atoms with Gasteiger partial charge in [-0.25, -0.2) is 0 Å². The van der Waals surface area contributed by atoms with Crippen LogP contribution in [-0.4, -0.2) is 18.0 Å². The van der Waals surface area contributed by atoms with Gasteiger partial charge in [0.1, 0.15) is 0 Å². The first-order chi connectivity index (χ1) is 6.13. The van der Waals surface area contributed by atoms with Crippen LogP contribution in [-0.2, 0) is 4.79 Å². The Labute approximate surface area is 81.1 Å². The fraction of sp³-hybridized carbons (Fsp3) is 0.900. The maximum Gasteiger partial charge on any atom is 0.237 e. The number of primary amides is 1. The predicted molar refractivity (Wildman–Crippen MR) is 55.4 cm³/mol. The van der Waals surface area contributed by atoms with E-state index >= 15 is 0 Å². The molecule has 3 nitrogen and oxygen atoms in total. The van der Waals surface area contributed by atoms with Crippen molar-refractivity contribution in [2.75, 3.05) is 6.54 Å². The van der Waals surface area contributed by atoms with Crippen molar-refractivity contribution in [3.8, 4) is 0 Å². The van der Waals surface area contributed by atoms with Gasteiger partial charge in [0.05, 0.1) is 5.54 Å². The van der Waals surface area contributed by atoms with Crippen LogP contribution in [0.4, 0.5) is 0 Å². The molecule has 1 amide bonds. The molecule has 0 radical (unpaired) electrons. The number of carbonyl (C=O) groups is 1. The molecule has 0 aliphatic heterocycles. The number of hydrogen-bond donors (Lipinski definition) is 2. The third kappa shape index (κ3) is 3.35. The first-order valence-corrected chi connectivity index (χ1v) is 5.17. The van der Waals surface area contributed by atoms with Gasteiger partial charge in [0.15, 0.2) is 0 Å². The fourth-order valence-electron chi connectivity index (χ4n) is 1.57. The summed E-state index contributed by atoms with van der Waals surface area (Å²) >= 11 is 0. The molecule has 0 aliphatic rings. The van der Waals surface area contributed by atoms with Crippen molar-refractivity contribution in [1.82, 2.24) is 5.32 Å². The van der Waals surface area contributed by atoms with Gasteiger partial charge in [-0.1, -0.05) is 27.2 Å². The summed E-state index contributed by atoms with van der Waals surface area (Å²) in [4.78, 5) is 11.3. The highest BCUT2D eigenvalue weighted by atomic mass is 16.1. The van der Waals surface area contributed by atoms with Gasteiger partial charge < -0.3 is 11.1 Å². The lowest BCUT2D eigenvalue weighted by atomic mass is 9.89. The quantitative estimate of drug-likeness (QED) is 0.632. The van der Waals surface area contributed by atoms with Crippen molar-refractivity contribution in [1.29, 1.82) is 0 Å². The lowest BCUT2D eigenvalue weighted by molar-refractivity contribution is -0.124. The van der Waals surface area contributed by atoms with Gasteiger partial charge in [0.2, 0.25) is 5.91 Å². The first-order valence-electron chi connectivity index (χ1n) is 5.17. The molecule has 0 bridgehead atoms. The van der Waals surface area contributed by atoms with Gasteiger partial charge in [-0.15, -0.1) is 0 Å². The minimum absolute atomic E-state index is 0.217. The largest absolute Gasteiger partial charge is 0.368 e. The average molecular weight is 186 g/mol. The molecule has 0 saturated carbocycles. The molecule has 0 saturated heterocycles. The van der Waals surface area contributed by atoms with Crippen LogP contribution in [0.1, 0.15) is 46.5 Å². The Morgan fingerprint density at radius 2 is 1.92 bits per heavy atom. The van der Waals surface area contributed by atoms with Crippen molar-refractivity contribution >= 4 is 5.91 Å². The Hall–Kier alpha value is -0.570. The molecule has 78 valence electrons. The second-order valence-corrected chi connectivity index (χ2v) is 3.48. The molecule has 0 spiro atoms. The fourth-order valence-corrected chi connectivity index (χ4v) is 1.57. The van der Waals surface area contributed by atoms with Crippen LogP contribution < -0.4 is 11.1 Å². The molecule has 1 unspecified atom stereocenters. The zero-order valence-corrected chi connectivity index (χ0v) is 9.02. The molecule has 0 rings (SSSR count). The predicted octanol–water partition coefficient (Wildman–Crippen LogP) is 1.42. The molecule has 0 heterocycles. The van der Waals surface area contributed by atoms with Crippen LogP contribution in [0.3, 0.4) is 0 Å². The van der Waals surface area contributed by atoms with E-state index in [2.05, 4.69) is 19.2 Å². The van der Waals surface area contributed by atoms with Gasteiger partial charge in [0.25, 0.3) is 0 Å². The zero-order chi connectivity index (χ0) is 10.3. The minimum Gasteiger partial charge on any atom is -0.368 e. The van der Waals surface area contributed by atoms with Crippen molar-refractivity contribution in [3.63, 3.8) is 0 Å². The second-order valence-electron chi connectivity index (χ2n) is 3.48. The third-order valence-electron chi connectivity index (χ3n) is 2.47. The van der Waals surface area contributed by atoms with Crippen LogP contribution in [0, 0.1) is 0 Å². The van der Waals surface area contributed by atoms with Crippen molar-refractivity contribution in [2.45, 2.75) is 52.0 Å². The number of carbonyl (C=O) groups excluding carboxylic acids is 1. The summed E-state index contributed by atoms with van der Waals surface area (Å²) < 4.78 is 0. The lowest BCUT2D eigenvalue weighted by Gasteiger charge is -2.30. The van der Waals surface area contributed by atoms with Crippen molar-refractivity contribution in [3.05, 3.63) is 0 Å². The number of nitrogens with two attached hydrogens (primary N) is 1. The highest BCUT2D eigenvalue weighted by molar-refractivity contribution is 5.84. The molecule has 1 atom stereocenters. The van der Waals surface area contributed by atoms with E-state index in [1.54, 1.807) is 0 Å². The molecule has 0 aromatic rings. The van der Waals surface area contributed by atoms with Crippen LogP contribution in [0.25, 0.3) is 0 Å². The zero-order valence-electron chi connectivity index (χ0n) is 9.02. The Kier molecular flexibility index (Phi) is 5.71. The Bertz CT molecular complexity index is 159. The van der Waals surface area contributed by atoms with E-state index < -0.39 is 5.54 Å². The summed E-state index contributed by atoms with van der Waals surface area (Å²) in [6.07, 6.45) is 3.61. The molecule has 0 aliphatic carbocycles. The number of rotatable bonds is 7. The molecule has 3 heteroatoms. The normalized spacial score (nSPS) is 15.3. The van der Waals surface area contributed by atoms with E-state index in [0.717, 1.165) is 32.2 Å². The van der Waals surface area contributed by atoms with E-state index in [0.29, 0.717) is 0 Å². The molecule has 0 aromatic heterocycles. The summed E-state index contributed by atoms with van der Waals surface area (Å²) in [5, 5.41) is 3.26. The van der Waals surface area contributed by atoms with Gasteiger partial charge in [0, 0.05) is 0 Å². The maximum atomic E-state index is 11.3. The third-order valence-corrected chi connectivity index (χ3v) is 2.47. The topological polar surface area (TPSA) is 55.1 Å². The van der Waals surface area contributed by atoms with Gasteiger partial charge in [-0.3, -0.25) is 4.79 Å². The average Bonchev–Trinajstić information content (AvgIpc) is 2.12. The number of hydrogen-bond acceptors (Lipinski definition) is 2. The van der Waals surface area contributed by atoms with Crippen molar-refractivity contribution in [2.24, 2.45) is 5.73 Å². The van der Waals surface area contributed by atoms with Crippen molar-refractivity contribution < 1.29 is 4.79 Å². The smallest absolute Gasteiger partial charge is 0.237 e. The lowest BCUT2D eigenvalue weighted by Crippen LogP contribution is -2.55. The molecule has 3 N–H and O–H groups in total. The highest BCUT2D eigenvalue weighted by Gasteiger charge is 2.32. The summed E-state index contributed by atoms with van der Waals surface area (Å²) in [5.41, 5.74) is 4.94. The summed E-state index contributed by atoms with van der Waals surface area (Å²) in [6, 6.07) is 0. The van der Waals surface area contributed by atoms with E-state index in [4.69, 9.17) is 5.73 Å². The van der Waals surface area contributed by atoms with Gasteiger partial charge >= 0.3 is 0 Å². The monoisotopic (exact) mass is 186 g/mol. The standard InChI is InChI=1S/C10H22N2O/c1-4-7-10(6-3,9(11)13)12-8-5-2/h12H,4-8H2,1-3H3,(H2,11,13). The molecule has 13 heavy (non-hydrogen) atoms. The van der Waals surface area contributed by atoms with E-state index in [9.17, 15) is 4.79 Å². The molecule has 0 aromatic carbocycles. The van der Waals surface area contributed by atoms with Crippen LogP contribution in [0.15, 0.2) is 0 Å². The Morgan fingerprint density at radius 3 is 2.23 bits per heavy atom. The Balaban J connectivity index is 4.35. The second kappa shape index (κ2) is 5.97. The maximum absolute atomic E-state index is 11.3. The number of nitrogens with one attached hydrogen (secondary N) is 1. The van der Waals surface area contributed by atoms with Crippen LogP contribution >= 0.6 is 0 Å². The minimum atomic E-state index is -0.468. The summed E-state index contributed by atoms with van der Waals surface area (Å²) in [6.45, 7) is 7.02. The van der Waals surface area contributed by atoms with E-state index in [1.165, 1.54) is 0 Å². The Morgan fingerprint density at radius 1 is 1.31 bits per heavy atom. The van der Waals surface area contributed by atoms with E-state index in [1.807, 2.05) is 6.92 Å². The van der Waals surface area contributed by atoms with Crippen LogP contribution in [0.2, 0.25) is 0 Å². The summed E-state index contributed by atoms with van der Waals surface area (Å²) in [7, 11) is 0. The molecule has 0 fully saturated rings. The van der Waals surface area contributed by atoms with Gasteiger partial charge in [-0.2, -0.15) is 0 Å². The first kappa shape index (κ1) is 12.4. The highest BCUT2D eigenvalue weighted by Crippen LogP contribution is 2.16. The van der Waals surface area contributed by atoms with E-state index in [-0.39, 0.29) is 5.91 Å². The molecular formula is C10H22N2O.